The second-order valence-corrected chi connectivity index (χ2v) is 5.84. The molecule has 0 radical (unpaired) electrons. The highest BCUT2D eigenvalue weighted by Gasteiger charge is 2.31. The molecule has 0 aliphatic rings. The smallest absolute Gasteiger partial charge is 0.340 e. The zero-order chi connectivity index (χ0) is 15.1. The van der Waals surface area contributed by atoms with Gasteiger partial charge in [-0.25, -0.2) is 9.59 Å². The van der Waals surface area contributed by atoms with Crippen LogP contribution >= 0.6 is 27.3 Å². The number of carbonyl (C=O) groups is 3. The van der Waals surface area contributed by atoms with E-state index in [1.807, 2.05) is 0 Å². The number of nitrogens with one attached hydrogen (secondary N) is 1. The fraction of sp³-hybridized carbons (Fsp3) is 0.417. The summed E-state index contributed by atoms with van der Waals surface area (Å²) in [4.78, 5) is 35.3. The molecule has 1 heterocycles. The summed E-state index contributed by atoms with van der Waals surface area (Å²) in [5.74, 6) is -2.22. The normalized spacial score (nSPS) is 10.2. The maximum Gasteiger partial charge on any atom is 0.340 e. The van der Waals surface area contributed by atoms with Crippen LogP contribution in [0.3, 0.4) is 0 Å². The molecule has 1 rings (SSSR count). The van der Waals surface area contributed by atoms with Crippen LogP contribution in [-0.4, -0.2) is 37.1 Å². The lowest BCUT2D eigenvalue weighted by Crippen LogP contribution is -2.48. The van der Waals surface area contributed by atoms with Crippen molar-refractivity contribution in [3.8, 4) is 0 Å². The Bertz CT molecular complexity index is 484. The van der Waals surface area contributed by atoms with E-state index in [4.69, 9.17) is 9.47 Å². The molecule has 0 unspecified atom stereocenters. The fourth-order valence-corrected chi connectivity index (χ4v) is 2.45. The molecule has 0 saturated carbocycles. The highest BCUT2D eigenvalue weighted by molar-refractivity contribution is 9.11. The first kappa shape index (κ1) is 16.6. The van der Waals surface area contributed by atoms with Crippen LogP contribution in [-0.2, 0) is 19.1 Å². The van der Waals surface area contributed by atoms with Gasteiger partial charge in [0.2, 0.25) is 6.04 Å². The lowest BCUT2D eigenvalue weighted by Gasteiger charge is -2.15. The minimum absolute atomic E-state index is 0.106. The first-order chi connectivity index (χ1) is 9.49. The first-order valence-corrected chi connectivity index (χ1v) is 7.55. The Morgan fingerprint density at radius 3 is 2.20 bits per heavy atom. The monoisotopic (exact) mass is 363 g/mol. The summed E-state index contributed by atoms with van der Waals surface area (Å²) in [6.45, 7) is 3.43. The van der Waals surface area contributed by atoms with Gasteiger partial charge in [-0.1, -0.05) is 0 Å². The molecule has 0 atom stereocenters. The highest BCUT2D eigenvalue weighted by Crippen LogP contribution is 2.20. The first-order valence-electron chi connectivity index (χ1n) is 5.87. The van der Waals surface area contributed by atoms with E-state index >= 15 is 0 Å². The van der Waals surface area contributed by atoms with Crippen LogP contribution in [0, 0.1) is 0 Å². The molecule has 8 heteroatoms. The summed E-state index contributed by atoms with van der Waals surface area (Å²) in [6.07, 6.45) is 0. The van der Waals surface area contributed by atoms with Gasteiger partial charge in [0.15, 0.2) is 0 Å². The molecule has 1 aromatic heterocycles. The maximum atomic E-state index is 11.9. The van der Waals surface area contributed by atoms with E-state index in [2.05, 4.69) is 21.2 Å². The van der Waals surface area contributed by atoms with E-state index in [0.717, 1.165) is 3.79 Å². The molecule has 0 fully saturated rings. The number of ether oxygens (including phenoxy) is 2. The van der Waals surface area contributed by atoms with Crippen LogP contribution in [0.2, 0.25) is 0 Å². The number of hydrogen-bond acceptors (Lipinski definition) is 6. The van der Waals surface area contributed by atoms with Gasteiger partial charge in [-0.2, -0.15) is 0 Å². The van der Waals surface area contributed by atoms with Crippen LogP contribution < -0.4 is 5.32 Å². The van der Waals surface area contributed by atoms with Gasteiger partial charge in [0.25, 0.3) is 5.91 Å². The zero-order valence-electron chi connectivity index (χ0n) is 11.0. The zero-order valence-corrected chi connectivity index (χ0v) is 13.4. The van der Waals surface area contributed by atoms with Crippen molar-refractivity contribution < 1.29 is 23.9 Å². The van der Waals surface area contributed by atoms with Crippen molar-refractivity contribution in [3.05, 3.63) is 20.8 Å². The number of carbonyl (C=O) groups excluding carboxylic acids is 3. The quantitative estimate of drug-likeness (QED) is 0.614. The molecule has 0 aliphatic carbocycles. The molecular weight excluding hydrogens is 350 g/mol. The van der Waals surface area contributed by atoms with E-state index in [1.54, 1.807) is 25.3 Å². The van der Waals surface area contributed by atoms with Gasteiger partial charge in [-0.15, -0.1) is 11.3 Å². The van der Waals surface area contributed by atoms with Gasteiger partial charge in [0.05, 0.1) is 22.6 Å². The lowest BCUT2D eigenvalue weighted by atomic mass is 10.2. The van der Waals surface area contributed by atoms with Crippen LogP contribution in [0.4, 0.5) is 0 Å². The van der Waals surface area contributed by atoms with Gasteiger partial charge in [-0.3, -0.25) is 4.79 Å². The van der Waals surface area contributed by atoms with E-state index in [0.29, 0.717) is 5.56 Å². The molecule has 0 aromatic carbocycles. The van der Waals surface area contributed by atoms with Crippen molar-refractivity contribution in [2.75, 3.05) is 13.2 Å². The van der Waals surface area contributed by atoms with E-state index < -0.39 is 23.9 Å². The highest BCUT2D eigenvalue weighted by atomic mass is 79.9. The fourth-order valence-electron chi connectivity index (χ4n) is 1.31. The molecule has 6 nitrogen and oxygen atoms in total. The van der Waals surface area contributed by atoms with E-state index in [-0.39, 0.29) is 13.2 Å². The summed E-state index contributed by atoms with van der Waals surface area (Å²) in [6, 6.07) is 0.133. The van der Waals surface area contributed by atoms with Gasteiger partial charge in [-0.05, 0) is 35.8 Å². The van der Waals surface area contributed by atoms with Gasteiger partial charge in [0.1, 0.15) is 0 Å². The van der Waals surface area contributed by atoms with Crippen molar-refractivity contribution in [1.82, 2.24) is 5.32 Å². The Balaban J connectivity index is 2.80. The molecule has 1 aromatic rings. The standard InChI is InChI=1S/C12H14BrNO5S/c1-3-18-11(16)9(12(17)19-4-2)14-10(15)7-5-8(13)20-6-7/h5-6,9H,3-4H2,1-2H3,(H,14,15). The number of hydrogen-bond donors (Lipinski definition) is 1. The predicted octanol–water partition coefficient (Wildman–Crippen LogP) is 1.74. The largest absolute Gasteiger partial charge is 0.464 e. The molecular formula is C12H14BrNO5S. The predicted molar refractivity (Wildman–Crippen MR) is 76.5 cm³/mol. The third-order valence-electron chi connectivity index (χ3n) is 2.15. The average molecular weight is 364 g/mol. The summed E-state index contributed by atoms with van der Waals surface area (Å²) >= 11 is 4.55. The third kappa shape index (κ3) is 4.61. The summed E-state index contributed by atoms with van der Waals surface area (Å²) in [5, 5.41) is 3.92. The minimum Gasteiger partial charge on any atom is -0.464 e. The van der Waals surface area contributed by atoms with Crippen LogP contribution in [0.15, 0.2) is 15.2 Å². The van der Waals surface area contributed by atoms with Crippen LogP contribution in [0.1, 0.15) is 24.2 Å². The molecule has 0 aliphatic heterocycles. The molecule has 20 heavy (non-hydrogen) atoms. The van der Waals surface area contributed by atoms with Gasteiger partial charge in [0, 0.05) is 5.38 Å². The van der Waals surface area contributed by atoms with Crippen molar-refractivity contribution in [2.24, 2.45) is 0 Å². The number of halogens is 1. The molecule has 110 valence electrons. The number of rotatable bonds is 6. The molecule has 1 N–H and O–H groups in total. The average Bonchev–Trinajstić information content (AvgIpc) is 2.83. The Morgan fingerprint density at radius 2 is 1.80 bits per heavy atom. The van der Waals surface area contributed by atoms with Crippen molar-refractivity contribution in [2.45, 2.75) is 19.9 Å². The number of amides is 1. The van der Waals surface area contributed by atoms with Gasteiger partial charge < -0.3 is 14.8 Å². The summed E-state index contributed by atoms with van der Waals surface area (Å²) in [5.41, 5.74) is 0.348. The number of esters is 2. The Labute approximate surface area is 128 Å². The lowest BCUT2D eigenvalue weighted by molar-refractivity contribution is -0.157. The topological polar surface area (TPSA) is 81.7 Å². The number of thiophene rings is 1. The third-order valence-corrected chi connectivity index (χ3v) is 3.65. The summed E-state index contributed by atoms with van der Waals surface area (Å²) < 4.78 is 10.3. The molecule has 0 bridgehead atoms. The van der Waals surface area contributed by atoms with Crippen molar-refractivity contribution in [3.63, 3.8) is 0 Å². The van der Waals surface area contributed by atoms with Gasteiger partial charge >= 0.3 is 11.9 Å². The van der Waals surface area contributed by atoms with Crippen LogP contribution in [0.5, 0.6) is 0 Å². The Kier molecular flexibility index (Phi) is 6.66. The molecule has 0 saturated heterocycles. The molecule has 1 amide bonds. The van der Waals surface area contributed by atoms with E-state index in [9.17, 15) is 14.4 Å². The van der Waals surface area contributed by atoms with Crippen molar-refractivity contribution >= 4 is 45.1 Å². The molecule has 0 spiro atoms. The SMILES string of the molecule is CCOC(=O)C(NC(=O)c1csc(Br)c1)C(=O)OCC. The Morgan fingerprint density at radius 1 is 1.25 bits per heavy atom. The Hall–Kier alpha value is -1.41. The van der Waals surface area contributed by atoms with Crippen LogP contribution in [0.25, 0.3) is 0 Å². The van der Waals surface area contributed by atoms with Crippen molar-refractivity contribution in [1.29, 1.82) is 0 Å². The second-order valence-electron chi connectivity index (χ2n) is 3.55. The van der Waals surface area contributed by atoms with E-state index in [1.165, 1.54) is 11.3 Å². The summed E-state index contributed by atoms with van der Waals surface area (Å²) in [7, 11) is 0. The second kappa shape index (κ2) is 8.01. The maximum absolute atomic E-state index is 11.9. The minimum atomic E-state index is -1.46.